The average Bonchev–Trinajstić information content (AvgIpc) is 2.97. The molecule has 0 saturated carbocycles. The summed E-state index contributed by atoms with van der Waals surface area (Å²) in [5.74, 6) is 0.542. The minimum atomic E-state index is -3.68. The third-order valence-corrected chi connectivity index (χ3v) is 3.97. The number of aryl methyl sites for hydroxylation is 1. The molecule has 98 valence electrons. The normalized spacial score (nSPS) is 11.8. The van der Waals surface area contributed by atoms with E-state index in [4.69, 9.17) is 0 Å². The van der Waals surface area contributed by atoms with Gasteiger partial charge < -0.3 is 4.98 Å². The summed E-state index contributed by atoms with van der Waals surface area (Å²) in [6.07, 6.45) is 2.91. The second kappa shape index (κ2) is 4.09. The Hall–Kier alpha value is -2.35. The van der Waals surface area contributed by atoms with E-state index in [0.29, 0.717) is 17.0 Å². The van der Waals surface area contributed by atoms with E-state index in [0.717, 1.165) is 5.39 Å². The summed E-state index contributed by atoms with van der Waals surface area (Å²) < 4.78 is 26.8. The van der Waals surface area contributed by atoms with E-state index in [2.05, 4.69) is 24.9 Å². The lowest BCUT2D eigenvalue weighted by atomic mass is 10.2. The molecule has 0 fully saturated rings. The second-order valence-corrected chi connectivity index (χ2v) is 5.73. The van der Waals surface area contributed by atoms with Crippen LogP contribution in [-0.4, -0.2) is 28.6 Å². The van der Waals surface area contributed by atoms with Crippen molar-refractivity contribution in [1.82, 2.24) is 20.2 Å². The van der Waals surface area contributed by atoms with Crippen LogP contribution in [0.1, 0.15) is 5.82 Å². The van der Waals surface area contributed by atoms with E-state index in [-0.39, 0.29) is 5.03 Å². The Labute approximate surface area is 109 Å². The van der Waals surface area contributed by atoms with Crippen molar-refractivity contribution in [2.75, 3.05) is 4.72 Å². The smallest absolute Gasteiger partial charge is 0.279 e. The molecule has 0 spiro atoms. The molecule has 3 aromatic rings. The maximum absolute atomic E-state index is 12.2. The fraction of sp³-hybridized carbons (Fsp3) is 0.0909. The van der Waals surface area contributed by atoms with Gasteiger partial charge in [-0.05, 0) is 13.0 Å². The molecule has 1 aromatic carbocycles. The number of aromatic amines is 2. The molecule has 0 aliphatic carbocycles. The van der Waals surface area contributed by atoms with Crippen molar-refractivity contribution >= 4 is 26.6 Å². The van der Waals surface area contributed by atoms with Gasteiger partial charge in [0.05, 0.1) is 23.6 Å². The Morgan fingerprint density at radius 2 is 2.11 bits per heavy atom. The first-order valence-electron chi connectivity index (χ1n) is 5.53. The lowest BCUT2D eigenvalue weighted by Crippen LogP contribution is -2.13. The van der Waals surface area contributed by atoms with E-state index in [1.165, 1.54) is 6.20 Å². The van der Waals surface area contributed by atoms with Gasteiger partial charge in [-0.15, -0.1) is 0 Å². The fourth-order valence-corrected chi connectivity index (χ4v) is 2.83. The van der Waals surface area contributed by atoms with Gasteiger partial charge in [-0.25, -0.2) is 4.98 Å². The molecule has 2 heterocycles. The van der Waals surface area contributed by atoms with Gasteiger partial charge >= 0.3 is 0 Å². The van der Waals surface area contributed by atoms with Gasteiger partial charge in [0.2, 0.25) is 0 Å². The Balaban J connectivity index is 2.03. The number of benzene rings is 1. The van der Waals surface area contributed by atoms with Crippen molar-refractivity contribution in [2.24, 2.45) is 0 Å². The number of sulfonamides is 1. The highest BCUT2D eigenvalue weighted by molar-refractivity contribution is 7.92. The first-order chi connectivity index (χ1) is 9.06. The lowest BCUT2D eigenvalue weighted by molar-refractivity contribution is 0.598. The number of imidazole rings is 1. The standard InChI is InChI=1S/C11H11N5O2S/c1-7-12-6-10(14-7)19(17,18)16-9-4-2-3-8-5-13-15-11(8)9/h2-6,16H,1H3,(H,12,14)(H,13,15). The second-order valence-electron chi connectivity index (χ2n) is 4.08. The molecule has 3 N–H and O–H groups in total. The third-order valence-electron chi connectivity index (χ3n) is 2.69. The van der Waals surface area contributed by atoms with Crippen LogP contribution in [0.4, 0.5) is 5.69 Å². The number of para-hydroxylation sites is 1. The predicted octanol–water partition coefficient (Wildman–Crippen LogP) is 1.40. The molecule has 7 nitrogen and oxygen atoms in total. The van der Waals surface area contributed by atoms with Crippen LogP contribution in [-0.2, 0) is 10.0 Å². The first-order valence-corrected chi connectivity index (χ1v) is 7.01. The molecule has 0 unspecified atom stereocenters. The monoisotopic (exact) mass is 277 g/mol. The van der Waals surface area contributed by atoms with Crippen LogP contribution in [0.3, 0.4) is 0 Å². The number of nitrogens with one attached hydrogen (secondary N) is 3. The zero-order valence-electron chi connectivity index (χ0n) is 10.0. The van der Waals surface area contributed by atoms with Gasteiger partial charge in [0.25, 0.3) is 10.0 Å². The molecule has 3 rings (SSSR count). The van der Waals surface area contributed by atoms with Gasteiger partial charge in [0.15, 0.2) is 5.03 Å². The minimum Gasteiger partial charge on any atom is -0.332 e. The number of hydrogen-bond acceptors (Lipinski definition) is 4. The van der Waals surface area contributed by atoms with E-state index in [1.54, 1.807) is 25.3 Å². The van der Waals surface area contributed by atoms with Gasteiger partial charge in [-0.1, -0.05) is 12.1 Å². The van der Waals surface area contributed by atoms with Crippen LogP contribution in [0.25, 0.3) is 10.9 Å². The molecular weight excluding hydrogens is 266 g/mol. The van der Waals surface area contributed by atoms with Crippen molar-refractivity contribution in [3.05, 3.63) is 36.4 Å². The molecule has 0 aliphatic heterocycles. The van der Waals surface area contributed by atoms with Gasteiger partial charge in [-0.3, -0.25) is 9.82 Å². The summed E-state index contributed by atoms with van der Waals surface area (Å²) in [6, 6.07) is 5.27. The Bertz CT molecular complexity index is 834. The van der Waals surface area contributed by atoms with Crippen molar-refractivity contribution in [3.8, 4) is 0 Å². The van der Waals surface area contributed by atoms with Crippen LogP contribution < -0.4 is 4.72 Å². The molecule has 0 aliphatic rings. The van der Waals surface area contributed by atoms with Crippen molar-refractivity contribution in [2.45, 2.75) is 11.9 Å². The van der Waals surface area contributed by atoms with Crippen molar-refractivity contribution in [3.63, 3.8) is 0 Å². The summed E-state index contributed by atoms with van der Waals surface area (Å²) in [4.78, 5) is 6.57. The van der Waals surface area contributed by atoms with Crippen molar-refractivity contribution in [1.29, 1.82) is 0 Å². The topological polar surface area (TPSA) is 104 Å². The number of hydrogen-bond donors (Lipinski definition) is 3. The van der Waals surface area contributed by atoms with E-state index in [1.807, 2.05) is 6.07 Å². The van der Waals surface area contributed by atoms with Gasteiger partial charge in [-0.2, -0.15) is 13.5 Å². The predicted molar refractivity (Wildman–Crippen MR) is 70.2 cm³/mol. The number of aromatic nitrogens is 4. The average molecular weight is 277 g/mol. The zero-order chi connectivity index (χ0) is 13.5. The zero-order valence-corrected chi connectivity index (χ0v) is 10.8. The highest BCUT2D eigenvalue weighted by Crippen LogP contribution is 2.23. The van der Waals surface area contributed by atoms with Gasteiger partial charge in [0.1, 0.15) is 5.82 Å². The molecule has 0 saturated heterocycles. The minimum absolute atomic E-state index is 0.0292. The first kappa shape index (κ1) is 11.7. The maximum atomic E-state index is 12.2. The van der Waals surface area contributed by atoms with Crippen LogP contribution in [0.2, 0.25) is 0 Å². The summed E-state index contributed by atoms with van der Waals surface area (Å²) in [5.41, 5.74) is 1.09. The highest BCUT2D eigenvalue weighted by Gasteiger charge is 2.18. The van der Waals surface area contributed by atoms with E-state index >= 15 is 0 Å². The largest absolute Gasteiger partial charge is 0.332 e. The van der Waals surface area contributed by atoms with Crippen LogP contribution in [0.5, 0.6) is 0 Å². The molecule has 2 aromatic heterocycles. The Kier molecular flexibility index (Phi) is 2.53. The Morgan fingerprint density at radius 3 is 2.84 bits per heavy atom. The SMILES string of the molecule is Cc1ncc(S(=O)(=O)Nc2cccc3cn[nH]c23)[nH]1. The number of nitrogens with zero attached hydrogens (tertiary/aromatic N) is 2. The summed E-state index contributed by atoms with van der Waals surface area (Å²) >= 11 is 0. The number of H-pyrrole nitrogens is 2. The van der Waals surface area contributed by atoms with Crippen LogP contribution in [0, 0.1) is 6.92 Å². The summed E-state index contributed by atoms with van der Waals surface area (Å²) in [7, 11) is -3.68. The molecule has 0 bridgehead atoms. The number of anilines is 1. The lowest BCUT2D eigenvalue weighted by Gasteiger charge is -2.06. The maximum Gasteiger partial charge on any atom is 0.279 e. The third kappa shape index (κ3) is 2.06. The number of rotatable bonds is 3. The number of fused-ring (bicyclic) bond motifs is 1. The summed E-state index contributed by atoms with van der Waals surface area (Å²) in [5, 5.41) is 7.52. The van der Waals surface area contributed by atoms with E-state index < -0.39 is 10.0 Å². The van der Waals surface area contributed by atoms with E-state index in [9.17, 15) is 8.42 Å². The van der Waals surface area contributed by atoms with Crippen LogP contribution >= 0.6 is 0 Å². The molecule has 0 radical (unpaired) electrons. The molecule has 8 heteroatoms. The molecular formula is C11H11N5O2S. The quantitative estimate of drug-likeness (QED) is 0.673. The molecule has 0 amide bonds. The molecule has 19 heavy (non-hydrogen) atoms. The van der Waals surface area contributed by atoms with Gasteiger partial charge in [0, 0.05) is 5.39 Å². The Morgan fingerprint density at radius 1 is 1.26 bits per heavy atom. The highest BCUT2D eigenvalue weighted by atomic mass is 32.2. The van der Waals surface area contributed by atoms with Crippen molar-refractivity contribution < 1.29 is 8.42 Å². The fourth-order valence-electron chi connectivity index (χ4n) is 1.79. The van der Waals surface area contributed by atoms with Crippen LogP contribution in [0.15, 0.2) is 35.6 Å². The molecule has 0 atom stereocenters. The summed E-state index contributed by atoms with van der Waals surface area (Å²) in [6.45, 7) is 1.69.